The highest BCUT2D eigenvalue weighted by molar-refractivity contribution is 8.15. The van der Waals surface area contributed by atoms with Gasteiger partial charge in [0.2, 0.25) is 5.91 Å². The van der Waals surface area contributed by atoms with Crippen molar-refractivity contribution in [2.75, 3.05) is 20.3 Å². The number of methoxy groups -OCH3 is 1. The molecule has 1 fully saturated rings. The molecule has 1 aliphatic rings. The average Bonchev–Trinajstić information content (AvgIpc) is 2.79. The summed E-state index contributed by atoms with van der Waals surface area (Å²) in [5.41, 5.74) is 0.788. The first-order chi connectivity index (χ1) is 11.0. The van der Waals surface area contributed by atoms with Crippen LogP contribution in [0.4, 0.5) is 4.79 Å². The summed E-state index contributed by atoms with van der Waals surface area (Å²) in [5.74, 6) is 3.00. The van der Waals surface area contributed by atoms with Gasteiger partial charge in [-0.15, -0.1) is 6.42 Å². The van der Waals surface area contributed by atoms with Crippen LogP contribution in [-0.2, 0) is 11.2 Å². The van der Waals surface area contributed by atoms with Gasteiger partial charge in [0.05, 0.1) is 17.4 Å². The summed E-state index contributed by atoms with van der Waals surface area (Å²) in [6.45, 7) is 2.23. The van der Waals surface area contributed by atoms with Gasteiger partial charge >= 0.3 is 0 Å². The quantitative estimate of drug-likeness (QED) is 0.736. The maximum absolute atomic E-state index is 12.2. The topological polar surface area (TPSA) is 55.8 Å². The molecule has 1 heterocycles. The number of nitrogens with zero attached hydrogens (tertiary/aromatic N) is 1. The molecule has 0 bridgehead atoms. The summed E-state index contributed by atoms with van der Waals surface area (Å²) in [4.78, 5) is 25.2. The molecule has 5 nitrogen and oxygen atoms in total. The molecule has 122 valence electrons. The lowest BCUT2D eigenvalue weighted by atomic mass is 10.1. The zero-order chi connectivity index (χ0) is 17.0. The number of benzene rings is 1. The van der Waals surface area contributed by atoms with Gasteiger partial charge in [0, 0.05) is 6.54 Å². The Morgan fingerprint density at radius 2 is 2.17 bits per heavy atom. The van der Waals surface area contributed by atoms with Crippen LogP contribution in [0.25, 0.3) is 0 Å². The van der Waals surface area contributed by atoms with E-state index in [4.69, 9.17) is 27.5 Å². The van der Waals surface area contributed by atoms with Crippen LogP contribution in [0.1, 0.15) is 12.5 Å². The molecule has 1 saturated heterocycles. The number of amides is 2. The number of imide groups is 1. The van der Waals surface area contributed by atoms with Gasteiger partial charge in [-0.1, -0.05) is 29.3 Å². The van der Waals surface area contributed by atoms with Crippen LogP contribution < -0.4 is 9.47 Å². The summed E-state index contributed by atoms with van der Waals surface area (Å²) in [6.07, 6.45) is 5.56. The van der Waals surface area contributed by atoms with E-state index in [0.29, 0.717) is 29.5 Å². The Morgan fingerprint density at radius 1 is 1.43 bits per heavy atom. The van der Waals surface area contributed by atoms with Gasteiger partial charge < -0.3 is 9.47 Å². The van der Waals surface area contributed by atoms with Crippen molar-refractivity contribution in [3.05, 3.63) is 22.7 Å². The molecule has 0 aromatic heterocycles. The Labute approximate surface area is 144 Å². The number of thioether (sulfide) groups is 1. The number of terminal acetylenes is 1. The summed E-state index contributed by atoms with van der Waals surface area (Å²) >= 11 is 7.25. The number of hydrogen-bond acceptors (Lipinski definition) is 5. The minimum Gasteiger partial charge on any atom is -0.493 e. The third-order valence-electron chi connectivity index (χ3n) is 3.33. The van der Waals surface area contributed by atoms with E-state index in [1.165, 1.54) is 12.0 Å². The first-order valence-corrected chi connectivity index (χ1v) is 8.22. The summed E-state index contributed by atoms with van der Waals surface area (Å²) in [5, 5.41) is -0.307. The molecule has 0 N–H and O–H groups in total. The Morgan fingerprint density at radius 3 is 2.74 bits per heavy atom. The maximum Gasteiger partial charge on any atom is 0.289 e. The van der Waals surface area contributed by atoms with E-state index in [-0.39, 0.29) is 17.8 Å². The lowest BCUT2D eigenvalue weighted by molar-refractivity contribution is -0.126. The second kappa shape index (κ2) is 7.62. The Kier molecular flexibility index (Phi) is 5.80. The molecule has 1 aromatic carbocycles. The zero-order valence-electron chi connectivity index (χ0n) is 12.8. The highest BCUT2D eigenvalue weighted by Gasteiger charge is 2.38. The van der Waals surface area contributed by atoms with Gasteiger partial charge in [-0.3, -0.25) is 14.5 Å². The van der Waals surface area contributed by atoms with E-state index in [1.807, 2.05) is 0 Å². The molecule has 23 heavy (non-hydrogen) atoms. The number of hydrogen-bond donors (Lipinski definition) is 0. The molecule has 1 aliphatic heterocycles. The van der Waals surface area contributed by atoms with Crippen molar-refractivity contribution >= 4 is 34.5 Å². The Bertz CT molecular complexity index is 671. The van der Waals surface area contributed by atoms with E-state index in [9.17, 15) is 9.59 Å². The van der Waals surface area contributed by atoms with Gasteiger partial charge in [-0.05, 0) is 31.0 Å². The van der Waals surface area contributed by atoms with E-state index < -0.39 is 5.25 Å². The smallest absolute Gasteiger partial charge is 0.289 e. The van der Waals surface area contributed by atoms with Crippen LogP contribution in [-0.4, -0.2) is 41.6 Å². The molecule has 2 rings (SSSR count). The molecule has 0 spiro atoms. The fraction of sp³-hybridized carbons (Fsp3) is 0.375. The van der Waals surface area contributed by atoms with Crippen LogP contribution in [0.5, 0.6) is 11.5 Å². The third kappa shape index (κ3) is 3.74. The summed E-state index contributed by atoms with van der Waals surface area (Å²) in [6, 6.07) is 3.44. The monoisotopic (exact) mass is 353 g/mol. The molecule has 1 aromatic rings. The van der Waals surface area contributed by atoms with Crippen LogP contribution in [0.3, 0.4) is 0 Å². The zero-order valence-corrected chi connectivity index (χ0v) is 14.4. The van der Waals surface area contributed by atoms with Crippen molar-refractivity contribution in [1.29, 1.82) is 0 Å². The summed E-state index contributed by atoms with van der Waals surface area (Å²) in [7, 11) is 1.50. The average molecular weight is 354 g/mol. The Balaban J connectivity index is 2.21. The number of carbonyl (C=O) groups excluding carboxylic acids is 2. The predicted octanol–water partition coefficient (Wildman–Crippen LogP) is 2.99. The van der Waals surface area contributed by atoms with Crippen molar-refractivity contribution in [3.8, 4) is 23.8 Å². The second-order valence-electron chi connectivity index (χ2n) is 4.76. The lowest BCUT2D eigenvalue weighted by Gasteiger charge is -2.14. The van der Waals surface area contributed by atoms with Crippen LogP contribution in [0, 0.1) is 12.3 Å². The fourth-order valence-electron chi connectivity index (χ4n) is 2.27. The minimum atomic E-state index is -0.444. The largest absolute Gasteiger partial charge is 0.493 e. The predicted molar refractivity (Wildman–Crippen MR) is 90.2 cm³/mol. The minimum absolute atomic E-state index is 0.0757. The number of halogens is 1. The molecule has 7 heteroatoms. The first-order valence-electron chi connectivity index (χ1n) is 6.96. The molecule has 1 atom stereocenters. The van der Waals surface area contributed by atoms with Crippen LogP contribution in [0.15, 0.2) is 12.1 Å². The maximum atomic E-state index is 12.2. The highest BCUT2D eigenvalue weighted by Crippen LogP contribution is 2.38. The van der Waals surface area contributed by atoms with E-state index in [1.54, 1.807) is 19.1 Å². The van der Waals surface area contributed by atoms with Crippen LogP contribution >= 0.6 is 23.4 Å². The van der Waals surface area contributed by atoms with Crippen molar-refractivity contribution in [2.24, 2.45) is 0 Å². The molecule has 0 unspecified atom stereocenters. The van der Waals surface area contributed by atoms with Gasteiger partial charge in [0.1, 0.15) is 6.61 Å². The molecule has 0 radical (unpaired) electrons. The summed E-state index contributed by atoms with van der Waals surface area (Å²) < 4.78 is 10.6. The van der Waals surface area contributed by atoms with E-state index in [0.717, 1.165) is 17.3 Å². The van der Waals surface area contributed by atoms with E-state index >= 15 is 0 Å². The third-order valence-corrected chi connectivity index (χ3v) is 4.69. The van der Waals surface area contributed by atoms with Gasteiger partial charge in [-0.2, -0.15) is 0 Å². The molecule has 0 saturated carbocycles. The number of ether oxygens (including phenoxy) is 2. The van der Waals surface area contributed by atoms with Crippen molar-refractivity contribution in [1.82, 2.24) is 4.90 Å². The fourth-order valence-corrected chi connectivity index (χ4v) is 3.65. The normalized spacial score (nSPS) is 17.3. The Hall–Kier alpha value is -1.84. The highest BCUT2D eigenvalue weighted by atomic mass is 35.5. The SMILES string of the molecule is C#CCOc1c(Cl)cc(C[C@@H]2SC(=O)N(CC)C2=O)cc1OC. The molecular weight excluding hydrogens is 338 g/mol. The van der Waals surface area contributed by atoms with Gasteiger partial charge in [-0.25, -0.2) is 0 Å². The molecule has 0 aliphatic carbocycles. The second-order valence-corrected chi connectivity index (χ2v) is 6.32. The van der Waals surface area contributed by atoms with Crippen LogP contribution in [0.2, 0.25) is 5.02 Å². The van der Waals surface area contributed by atoms with Gasteiger partial charge in [0.15, 0.2) is 11.5 Å². The number of rotatable bonds is 6. The van der Waals surface area contributed by atoms with E-state index in [2.05, 4.69) is 5.92 Å². The first kappa shape index (κ1) is 17.5. The van der Waals surface area contributed by atoms with Crippen molar-refractivity contribution in [2.45, 2.75) is 18.6 Å². The standard InChI is InChI=1S/C16H16ClNO4S/c1-4-6-22-14-11(17)7-10(8-12(14)21-3)9-13-15(19)18(5-2)16(20)23-13/h1,7-8,13H,5-6,9H2,2-3H3/t13-/m0/s1. The molecule has 2 amide bonds. The van der Waals surface area contributed by atoms with Crippen molar-refractivity contribution in [3.63, 3.8) is 0 Å². The lowest BCUT2D eigenvalue weighted by Crippen LogP contribution is -2.31. The van der Waals surface area contributed by atoms with Crippen molar-refractivity contribution < 1.29 is 19.1 Å². The van der Waals surface area contributed by atoms with Gasteiger partial charge in [0.25, 0.3) is 5.24 Å². The number of carbonyl (C=O) groups is 2. The molecular formula is C16H16ClNO4S.